The molecule has 2 rings (SSSR count). The van der Waals surface area contributed by atoms with E-state index in [1.54, 1.807) is 21.0 Å². The van der Waals surface area contributed by atoms with Crippen LogP contribution in [-0.4, -0.2) is 96.0 Å². The van der Waals surface area contributed by atoms with Gasteiger partial charge in [0, 0.05) is 38.9 Å². The van der Waals surface area contributed by atoms with Gasteiger partial charge in [0.15, 0.2) is 0 Å². The SMILES string of the molecule is C#CCC(O)C(O)C(CC1CCCCC1)NC(=O)C(NC(=O)C(CC(=O)N(C)CCN(C)CF)Cc1ccccc1)C(C)C#C. The highest BCUT2D eigenvalue weighted by Gasteiger charge is 2.35. The van der Waals surface area contributed by atoms with E-state index < -0.39 is 54.7 Å². The molecule has 0 bridgehead atoms. The summed E-state index contributed by atoms with van der Waals surface area (Å²) in [5, 5.41) is 27.1. The summed E-state index contributed by atoms with van der Waals surface area (Å²) in [5.41, 5.74) is 0.842. The van der Waals surface area contributed by atoms with Crippen LogP contribution in [0.3, 0.4) is 0 Å². The highest BCUT2D eigenvalue weighted by molar-refractivity contribution is 5.91. The van der Waals surface area contributed by atoms with Crippen molar-refractivity contribution in [1.82, 2.24) is 20.4 Å². The molecule has 4 N–H and O–H groups in total. The van der Waals surface area contributed by atoms with E-state index in [1.165, 1.54) is 9.80 Å². The van der Waals surface area contributed by atoms with Crippen LogP contribution in [0.15, 0.2) is 30.3 Å². The van der Waals surface area contributed by atoms with Crippen molar-refractivity contribution < 1.29 is 29.0 Å². The van der Waals surface area contributed by atoms with Crippen molar-refractivity contribution in [3.8, 4) is 24.7 Å². The lowest BCUT2D eigenvalue weighted by Crippen LogP contribution is -2.57. The van der Waals surface area contributed by atoms with Gasteiger partial charge in [-0.25, -0.2) is 4.39 Å². The topological polar surface area (TPSA) is 122 Å². The Bertz CT molecular complexity index is 1150. The molecule has 10 heteroatoms. The number of likely N-dealkylation sites (N-methyl/N-ethyl adjacent to an activating group) is 2. The Morgan fingerprint density at radius 1 is 1.02 bits per heavy atom. The van der Waals surface area contributed by atoms with Crippen molar-refractivity contribution in [3.63, 3.8) is 0 Å². The van der Waals surface area contributed by atoms with Crippen LogP contribution in [0.5, 0.6) is 0 Å². The van der Waals surface area contributed by atoms with Gasteiger partial charge in [0.05, 0.1) is 18.1 Å². The first-order valence-corrected chi connectivity index (χ1v) is 15.9. The third-order valence-corrected chi connectivity index (χ3v) is 8.68. The molecule has 6 unspecified atom stereocenters. The third kappa shape index (κ3) is 12.8. The van der Waals surface area contributed by atoms with Gasteiger partial charge in [-0.2, -0.15) is 0 Å². The Hall–Kier alpha value is -3.44. The average molecular weight is 627 g/mol. The van der Waals surface area contributed by atoms with Crippen molar-refractivity contribution in [2.24, 2.45) is 17.8 Å². The Morgan fingerprint density at radius 2 is 1.69 bits per heavy atom. The van der Waals surface area contributed by atoms with Gasteiger partial charge in [0.2, 0.25) is 17.7 Å². The van der Waals surface area contributed by atoms with Crippen molar-refractivity contribution in [2.75, 3.05) is 34.0 Å². The molecule has 1 saturated carbocycles. The fourth-order valence-electron chi connectivity index (χ4n) is 5.66. The molecule has 0 heterocycles. The van der Waals surface area contributed by atoms with Gasteiger partial charge in [-0.3, -0.25) is 19.3 Å². The first kappa shape index (κ1) is 37.7. The molecule has 1 aromatic rings. The summed E-state index contributed by atoms with van der Waals surface area (Å²) in [6.07, 6.45) is 14.2. The number of aliphatic hydroxyl groups excluding tert-OH is 2. The third-order valence-electron chi connectivity index (χ3n) is 8.68. The quantitative estimate of drug-likeness (QED) is 0.147. The molecule has 0 spiro atoms. The van der Waals surface area contributed by atoms with Crippen molar-refractivity contribution >= 4 is 17.7 Å². The fourth-order valence-corrected chi connectivity index (χ4v) is 5.66. The number of hydrogen-bond donors (Lipinski definition) is 4. The monoisotopic (exact) mass is 626 g/mol. The maximum atomic E-state index is 13.8. The Labute approximate surface area is 268 Å². The second-order valence-electron chi connectivity index (χ2n) is 12.4. The number of halogens is 1. The average Bonchev–Trinajstić information content (AvgIpc) is 3.05. The highest BCUT2D eigenvalue weighted by Crippen LogP contribution is 2.29. The zero-order valence-corrected chi connectivity index (χ0v) is 27.0. The summed E-state index contributed by atoms with van der Waals surface area (Å²) in [5.74, 6) is 2.22. The van der Waals surface area contributed by atoms with E-state index in [2.05, 4.69) is 22.5 Å². The number of amides is 3. The molecule has 1 aliphatic rings. The first-order valence-electron chi connectivity index (χ1n) is 15.9. The van der Waals surface area contributed by atoms with E-state index >= 15 is 0 Å². The summed E-state index contributed by atoms with van der Waals surface area (Å²) < 4.78 is 12.9. The molecule has 0 saturated heterocycles. The van der Waals surface area contributed by atoms with Gasteiger partial charge >= 0.3 is 0 Å². The van der Waals surface area contributed by atoms with Crippen LogP contribution in [0.1, 0.15) is 63.9 Å². The molecule has 9 nitrogen and oxygen atoms in total. The number of hydrogen-bond acceptors (Lipinski definition) is 6. The number of rotatable bonds is 18. The van der Waals surface area contributed by atoms with Crippen LogP contribution in [0, 0.1) is 42.4 Å². The van der Waals surface area contributed by atoms with E-state index in [0.717, 1.165) is 37.7 Å². The molecule has 3 amide bonds. The van der Waals surface area contributed by atoms with Crippen LogP contribution >= 0.6 is 0 Å². The lowest BCUT2D eigenvalue weighted by atomic mass is 9.82. The maximum Gasteiger partial charge on any atom is 0.244 e. The number of benzene rings is 1. The van der Waals surface area contributed by atoms with Crippen LogP contribution in [0.2, 0.25) is 0 Å². The van der Waals surface area contributed by atoms with Gasteiger partial charge in [-0.15, -0.1) is 24.7 Å². The van der Waals surface area contributed by atoms with E-state index in [0.29, 0.717) is 13.0 Å². The molecule has 248 valence electrons. The van der Waals surface area contributed by atoms with Crippen molar-refractivity contribution in [1.29, 1.82) is 0 Å². The number of carbonyl (C=O) groups excluding carboxylic acids is 3. The van der Waals surface area contributed by atoms with Crippen LogP contribution < -0.4 is 10.6 Å². The van der Waals surface area contributed by atoms with Crippen LogP contribution in [0.4, 0.5) is 4.39 Å². The van der Waals surface area contributed by atoms with Gasteiger partial charge in [-0.1, -0.05) is 62.4 Å². The van der Waals surface area contributed by atoms with Gasteiger partial charge in [-0.05, 0) is 38.3 Å². The van der Waals surface area contributed by atoms with Gasteiger partial charge in [0.1, 0.15) is 18.9 Å². The second-order valence-corrected chi connectivity index (χ2v) is 12.4. The smallest absolute Gasteiger partial charge is 0.244 e. The molecule has 45 heavy (non-hydrogen) atoms. The predicted molar refractivity (Wildman–Crippen MR) is 173 cm³/mol. The normalized spacial score (nSPS) is 17.5. The van der Waals surface area contributed by atoms with E-state index in [1.807, 2.05) is 30.3 Å². The number of alkyl halides is 1. The maximum absolute atomic E-state index is 13.8. The Morgan fingerprint density at radius 3 is 2.29 bits per heavy atom. The van der Waals surface area contributed by atoms with Gasteiger partial charge in [0.25, 0.3) is 0 Å². The highest BCUT2D eigenvalue weighted by atomic mass is 19.1. The zero-order valence-electron chi connectivity index (χ0n) is 27.0. The molecule has 0 radical (unpaired) electrons. The lowest BCUT2D eigenvalue weighted by molar-refractivity contribution is -0.137. The van der Waals surface area contributed by atoms with Crippen molar-refractivity contribution in [2.45, 2.75) is 89.0 Å². The minimum Gasteiger partial charge on any atom is -0.389 e. The molecule has 6 atom stereocenters. The summed E-state index contributed by atoms with van der Waals surface area (Å²) in [4.78, 5) is 43.6. The summed E-state index contributed by atoms with van der Waals surface area (Å²) in [6, 6.07) is 7.30. The largest absolute Gasteiger partial charge is 0.389 e. The predicted octanol–water partition coefficient (Wildman–Crippen LogP) is 2.51. The number of aliphatic hydroxyl groups is 2. The summed E-state index contributed by atoms with van der Waals surface area (Å²) in [7, 11) is 3.21. The van der Waals surface area contributed by atoms with Crippen molar-refractivity contribution in [3.05, 3.63) is 35.9 Å². The molecule has 1 aliphatic carbocycles. The fraction of sp³-hybridized carbons (Fsp3) is 0.629. The Kier molecular flexibility index (Phi) is 16.6. The molecular formula is C35H51FN4O5. The van der Waals surface area contributed by atoms with E-state index in [4.69, 9.17) is 12.8 Å². The van der Waals surface area contributed by atoms with Crippen LogP contribution in [0.25, 0.3) is 0 Å². The number of carbonyl (C=O) groups is 3. The number of nitrogens with zero attached hydrogens (tertiary/aromatic N) is 2. The molecule has 0 aliphatic heterocycles. The first-order chi connectivity index (χ1) is 21.5. The number of nitrogens with one attached hydrogen (secondary N) is 2. The second kappa shape index (κ2) is 19.8. The summed E-state index contributed by atoms with van der Waals surface area (Å²) in [6.45, 7) is 1.62. The van der Waals surface area contributed by atoms with E-state index in [-0.39, 0.29) is 37.6 Å². The van der Waals surface area contributed by atoms with Crippen LogP contribution in [-0.2, 0) is 20.8 Å². The molecule has 1 fully saturated rings. The minimum atomic E-state index is -1.31. The standard InChI is InChI=1S/C35H51FN4O5/c1-6-14-30(41)33(43)29(22-27-17-12-9-13-18-27)37-35(45)32(25(3)7-2)38-34(44)28(21-26-15-10-8-11-16-26)23-31(42)40(5)20-19-39(4)24-36/h1-2,8,10-11,15-16,25,27-30,32-33,41,43H,9,12-14,17-24H2,3-5H3,(H,37,45)(H,38,44). The molecular weight excluding hydrogens is 575 g/mol. The van der Waals surface area contributed by atoms with E-state index in [9.17, 15) is 29.0 Å². The lowest BCUT2D eigenvalue weighted by Gasteiger charge is -2.33. The molecule has 0 aromatic heterocycles. The number of terminal acetylenes is 2. The Balaban J connectivity index is 2.26. The molecule has 1 aromatic carbocycles. The van der Waals surface area contributed by atoms with Gasteiger partial charge < -0.3 is 25.7 Å². The zero-order chi connectivity index (χ0) is 33.4. The summed E-state index contributed by atoms with van der Waals surface area (Å²) >= 11 is 0. The minimum absolute atomic E-state index is 0.0766.